The van der Waals surface area contributed by atoms with Crippen molar-refractivity contribution in [3.63, 3.8) is 0 Å². The van der Waals surface area contributed by atoms with Crippen LogP contribution < -0.4 is 10.4 Å². The summed E-state index contributed by atoms with van der Waals surface area (Å²) in [4.78, 5) is 11.1. The van der Waals surface area contributed by atoms with Crippen molar-refractivity contribution in [2.24, 2.45) is 0 Å². The normalized spacial score (nSPS) is 12.0. The first-order valence-corrected chi connectivity index (χ1v) is 23.6. The molecule has 0 aliphatic rings. The molecule has 0 saturated carbocycles. The molecular formula is C47H80O3Si. The molecule has 2 aromatic rings. The van der Waals surface area contributed by atoms with Crippen LogP contribution >= 0.6 is 0 Å². The smallest absolute Gasteiger partial charge is 0.305 e. The van der Waals surface area contributed by atoms with Gasteiger partial charge in [-0.05, 0) is 28.3 Å². The van der Waals surface area contributed by atoms with E-state index in [2.05, 4.69) is 81.4 Å². The molecule has 0 aromatic heterocycles. The van der Waals surface area contributed by atoms with Gasteiger partial charge < -0.3 is 9.16 Å². The Labute approximate surface area is 317 Å². The zero-order chi connectivity index (χ0) is 36.7. The van der Waals surface area contributed by atoms with Crippen LogP contribution in [0.4, 0.5) is 0 Å². The Bertz CT molecular complexity index is 1020. The monoisotopic (exact) mass is 721 g/mol. The van der Waals surface area contributed by atoms with E-state index in [4.69, 9.17) is 9.16 Å². The third-order valence-electron chi connectivity index (χ3n) is 11.0. The van der Waals surface area contributed by atoms with Crippen molar-refractivity contribution in [1.82, 2.24) is 0 Å². The summed E-state index contributed by atoms with van der Waals surface area (Å²) >= 11 is 0. The fourth-order valence-electron chi connectivity index (χ4n) is 7.88. The van der Waals surface area contributed by atoms with Gasteiger partial charge in [-0.15, -0.1) is 0 Å². The first-order chi connectivity index (χ1) is 24.9. The van der Waals surface area contributed by atoms with Crippen LogP contribution in [0.2, 0.25) is 5.04 Å². The summed E-state index contributed by atoms with van der Waals surface area (Å²) in [6.45, 7) is 7.97. The van der Waals surface area contributed by atoms with Gasteiger partial charge in [-0.1, -0.05) is 242 Å². The average molecular weight is 721 g/mol. The molecule has 290 valence electrons. The van der Waals surface area contributed by atoms with Gasteiger partial charge in [0.05, 0.1) is 7.11 Å². The Balaban J connectivity index is 1.34. The zero-order valence-electron chi connectivity index (χ0n) is 34.0. The molecule has 0 heterocycles. The molecule has 0 bridgehead atoms. The van der Waals surface area contributed by atoms with Crippen molar-refractivity contribution < 1.29 is 14.0 Å². The van der Waals surface area contributed by atoms with Crippen LogP contribution in [-0.4, -0.2) is 28.0 Å². The standard InChI is InChI=1S/C47H80O3Si/c1-47(2,3)51(44-38-32-30-33-39-44,45-40-34-31-35-41-45)50-43-37-29-27-25-23-21-19-17-15-13-11-9-7-5-6-8-10-12-14-16-18-20-22-24-26-28-36-42-46(48)49-4/h30-35,38-41H,5-29,36-37,42-43H2,1-4H3. The highest BCUT2D eigenvalue weighted by molar-refractivity contribution is 6.99. The summed E-state index contributed by atoms with van der Waals surface area (Å²) < 4.78 is 11.8. The summed E-state index contributed by atoms with van der Waals surface area (Å²) in [5, 5.41) is 2.84. The van der Waals surface area contributed by atoms with Crippen molar-refractivity contribution >= 4 is 24.7 Å². The maximum Gasteiger partial charge on any atom is 0.305 e. The molecule has 2 rings (SSSR count). The number of hydrogen-bond donors (Lipinski definition) is 0. The van der Waals surface area contributed by atoms with Gasteiger partial charge in [-0.25, -0.2) is 0 Å². The van der Waals surface area contributed by atoms with E-state index in [0.717, 1.165) is 19.4 Å². The van der Waals surface area contributed by atoms with Gasteiger partial charge in [0.2, 0.25) is 0 Å². The lowest BCUT2D eigenvalue weighted by atomic mass is 10.0. The zero-order valence-corrected chi connectivity index (χ0v) is 35.0. The molecule has 4 heteroatoms. The predicted octanol–water partition coefficient (Wildman–Crippen LogP) is 13.7. The number of carbonyl (C=O) groups excluding carboxylic acids is 1. The third kappa shape index (κ3) is 20.2. The summed E-state index contributed by atoms with van der Waals surface area (Å²) in [5.41, 5.74) is 0. The number of unbranched alkanes of at least 4 members (excludes halogenated alkanes) is 26. The molecule has 0 atom stereocenters. The molecule has 0 N–H and O–H groups in total. The van der Waals surface area contributed by atoms with Crippen molar-refractivity contribution in [2.75, 3.05) is 13.7 Å². The molecule has 0 saturated heterocycles. The van der Waals surface area contributed by atoms with Crippen LogP contribution in [-0.2, 0) is 14.0 Å². The van der Waals surface area contributed by atoms with Crippen LogP contribution in [0.1, 0.15) is 201 Å². The van der Waals surface area contributed by atoms with Crippen molar-refractivity contribution in [2.45, 2.75) is 206 Å². The molecule has 0 spiro atoms. The molecular weight excluding hydrogens is 641 g/mol. The molecule has 2 aromatic carbocycles. The maximum atomic E-state index is 11.1. The highest BCUT2D eigenvalue weighted by Crippen LogP contribution is 2.37. The average Bonchev–Trinajstić information content (AvgIpc) is 3.14. The topological polar surface area (TPSA) is 35.5 Å². The molecule has 3 nitrogen and oxygen atoms in total. The molecule has 0 fully saturated rings. The highest BCUT2D eigenvalue weighted by Gasteiger charge is 2.49. The lowest BCUT2D eigenvalue weighted by Crippen LogP contribution is -2.66. The molecule has 0 amide bonds. The van der Waals surface area contributed by atoms with Crippen molar-refractivity contribution in [3.8, 4) is 0 Å². The molecule has 51 heavy (non-hydrogen) atoms. The van der Waals surface area contributed by atoms with E-state index in [9.17, 15) is 4.79 Å². The number of rotatable bonds is 33. The van der Waals surface area contributed by atoms with Gasteiger partial charge in [0.15, 0.2) is 0 Å². The number of carbonyl (C=O) groups is 1. The Hall–Kier alpha value is -1.91. The number of hydrogen-bond acceptors (Lipinski definition) is 3. The van der Waals surface area contributed by atoms with E-state index in [0.29, 0.717) is 6.42 Å². The number of esters is 1. The van der Waals surface area contributed by atoms with Crippen LogP contribution in [0, 0.1) is 0 Å². The van der Waals surface area contributed by atoms with E-state index in [1.54, 1.807) is 0 Å². The molecule has 0 aliphatic heterocycles. The van der Waals surface area contributed by atoms with E-state index < -0.39 is 8.32 Å². The number of methoxy groups -OCH3 is 1. The minimum Gasteiger partial charge on any atom is -0.469 e. The van der Waals surface area contributed by atoms with Gasteiger partial charge >= 0.3 is 5.97 Å². The number of ether oxygens (including phenoxy) is 1. The molecule has 0 radical (unpaired) electrons. The van der Waals surface area contributed by atoms with Crippen LogP contribution in [0.5, 0.6) is 0 Å². The fraction of sp³-hybridized carbons (Fsp3) is 0.723. The van der Waals surface area contributed by atoms with E-state index in [1.165, 1.54) is 178 Å². The van der Waals surface area contributed by atoms with E-state index in [1.807, 2.05) is 0 Å². The van der Waals surface area contributed by atoms with Gasteiger partial charge in [0.1, 0.15) is 0 Å². The first kappa shape index (κ1) is 45.2. The summed E-state index contributed by atoms with van der Waals surface area (Å²) in [7, 11) is -0.904. The van der Waals surface area contributed by atoms with Crippen LogP contribution in [0.3, 0.4) is 0 Å². The maximum absolute atomic E-state index is 11.1. The second-order valence-corrected chi connectivity index (χ2v) is 20.7. The second kappa shape index (κ2) is 29.5. The minimum atomic E-state index is -2.38. The first-order valence-electron chi connectivity index (χ1n) is 21.7. The SMILES string of the molecule is COC(=O)CCCCCCCCCCCCCCCCCCCCCCCCCCCCCO[Si](c1ccccc1)(c1ccccc1)C(C)(C)C. The second-order valence-electron chi connectivity index (χ2n) is 16.4. The highest BCUT2D eigenvalue weighted by atomic mass is 28.4. The quantitative estimate of drug-likeness (QED) is 0.0418. The largest absolute Gasteiger partial charge is 0.469 e. The number of benzene rings is 2. The Kier molecular flexibility index (Phi) is 26.2. The lowest BCUT2D eigenvalue weighted by Gasteiger charge is -2.43. The predicted molar refractivity (Wildman–Crippen MR) is 225 cm³/mol. The van der Waals surface area contributed by atoms with Gasteiger partial charge in [-0.2, -0.15) is 0 Å². The summed E-state index contributed by atoms with van der Waals surface area (Å²) in [5.74, 6) is -0.0642. The van der Waals surface area contributed by atoms with Crippen molar-refractivity contribution in [3.05, 3.63) is 60.7 Å². The lowest BCUT2D eigenvalue weighted by molar-refractivity contribution is -0.140. The Morgan fingerprint density at radius 2 is 0.725 bits per heavy atom. The Morgan fingerprint density at radius 1 is 0.451 bits per heavy atom. The van der Waals surface area contributed by atoms with Gasteiger partial charge in [-0.3, -0.25) is 4.79 Å². The van der Waals surface area contributed by atoms with Crippen LogP contribution in [0.25, 0.3) is 0 Å². The van der Waals surface area contributed by atoms with E-state index >= 15 is 0 Å². The van der Waals surface area contributed by atoms with Crippen LogP contribution in [0.15, 0.2) is 60.7 Å². The van der Waals surface area contributed by atoms with Gasteiger partial charge in [0.25, 0.3) is 8.32 Å². The Morgan fingerprint density at radius 3 is 1.00 bits per heavy atom. The minimum absolute atomic E-state index is 0.0635. The fourth-order valence-corrected chi connectivity index (χ4v) is 12.5. The summed E-state index contributed by atoms with van der Waals surface area (Å²) in [6.07, 6.45) is 37.6. The van der Waals surface area contributed by atoms with Gasteiger partial charge in [0, 0.05) is 13.0 Å². The van der Waals surface area contributed by atoms with Crippen molar-refractivity contribution in [1.29, 1.82) is 0 Å². The van der Waals surface area contributed by atoms with E-state index in [-0.39, 0.29) is 11.0 Å². The molecule has 0 unspecified atom stereocenters. The third-order valence-corrected chi connectivity index (χ3v) is 16.0. The molecule has 0 aliphatic carbocycles. The summed E-state index contributed by atoms with van der Waals surface area (Å²) in [6, 6.07) is 22.1.